The van der Waals surface area contributed by atoms with E-state index in [0.717, 1.165) is 11.1 Å². The molecule has 13 nitrogen and oxygen atoms in total. The van der Waals surface area contributed by atoms with E-state index < -0.39 is 71.2 Å². The van der Waals surface area contributed by atoms with E-state index in [9.17, 15) is 28.8 Å². The molecule has 49 heavy (non-hydrogen) atoms. The van der Waals surface area contributed by atoms with Gasteiger partial charge in [0.1, 0.15) is 23.7 Å². The summed E-state index contributed by atoms with van der Waals surface area (Å²) in [6, 6.07) is 14.5. The van der Waals surface area contributed by atoms with Gasteiger partial charge in [-0.15, -0.1) is 0 Å². The van der Waals surface area contributed by atoms with Crippen molar-refractivity contribution in [1.82, 2.24) is 21.3 Å². The highest BCUT2D eigenvalue weighted by molar-refractivity contribution is 6.31. The molecule has 5 amide bonds. The molecule has 14 heteroatoms. The second-order valence-corrected chi connectivity index (χ2v) is 13.4. The fraction of sp³-hybridized carbons (Fsp3) is 0.486. The summed E-state index contributed by atoms with van der Waals surface area (Å²) in [6.45, 7) is 8.54. The first-order valence-electron chi connectivity index (χ1n) is 16.0. The summed E-state index contributed by atoms with van der Waals surface area (Å²) in [7, 11) is 0. The number of carbonyl (C=O) groups is 6. The highest BCUT2D eigenvalue weighted by Crippen LogP contribution is 2.11. The lowest BCUT2D eigenvalue weighted by Crippen LogP contribution is -2.59. The first-order chi connectivity index (χ1) is 23.0. The lowest BCUT2D eigenvalue weighted by atomic mass is 10.0. The number of nitrogens with two attached hydrogens (primary N) is 1. The van der Waals surface area contributed by atoms with Crippen LogP contribution >= 0.6 is 11.6 Å². The molecule has 0 saturated heterocycles. The Kier molecular flexibility index (Phi) is 16.7. The van der Waals surface area contributed by atoms with Gasteiger partial charge in [0, 0.05) is 6.42 Å². The number of ether oxygens (including phenoxy) is 2. The van der Waals surface area contributed by atoms with E-state index in [4.69, 9.17) is 26.8 Å². The van der Waals surface area contributed by atoms with E-state index in [1.54, 1.807) is 20.8 Å². The summed E-state index contributed by atoms with van der Waals surface area (Å²) in [5, 5.41) is 9.91. The molecule has 0 saturated carbocycles. The number of alkyl halides is 1. The molecule has 0 aliphatic rings. The quantitative estimate of drug-likeness (QED) is 0.109. The summed E-state index contributed by atoms with van der Waals surface area (Å²) < 4.78 is 11.0. The molecular weight excluding hydrogens is 654 g/mol. The second-order valence-electron chi connectivity index (χ2n) is 12.9. The minimum absolute atomic E-state index is 0.0430. The van der Waals surface area contributed by atoms with Gasteiger partial charge >= 0.3 is 6.09 Å². The fourth-order valence-electron chi connectivity index (χ4n) is 4.50. The van der Waals surface area contributed by atoms with Crippen molar-refractivity contribution in [1.29, 1.82) is 0 Å². The Labute approximate surface area is 292 Å². The standard InChI is InChI=1S/C35H48ClN5O8/c1-22(2)18-25(38-33(46)27(40-34(47)49-35(3,4)5)21-48-20-24-14-10-7-11-15-24)31(44)39-26(19-29(37)43)32(45)41-30(36)28(42)17-16-23-12-8-6-9-13-23/h6-15,22,25-27,30H,16-21H2,1-5H3,(H2,37,43)(H,38,46)(H,39,44)(H,40,47)(H,41,45)/t25-,26-,27-,30?/m0/s1. The zero-order valence-electron chi connectivity index (χ0n) is 28.6. The largest absolute Gasteiger partial charge is 0.444 e. The number of ketones is 1. The van der Waals surface area contributed by atoms with Crippen LogP contribution in [0.2, 0.25) is 0 Å². The van der Waals surface area contributed by atoms with Crippen LogP contribution in [0.3, 0.4) is 0 Å². The molecule has 0 radical (unpaired) electrons. The number of carbonyl (C=O) groups excluding carboxylic acids is 6. The molecule has 0 bridgehead atoms. The molecule has 2 aromatic rings. The van der Waals surface area contributed by atoms with Crippen molar-refractivity contribution < 1.29 is 38.2 Å². The zero-order chi connectivity index (χ0) is 36.6. The summed E-state index contributed by atoms with van der Waals surface area (Å²) in [5.41, 5.74) is 4.84. The summed E-state index contributed by atoms with van der Waals surface area (Å²) in [4.78, 5) is 77.2. The van der Waals surface area contributed by atoms with E-state index in [0.29, 0.717) is 6.42 Å². The Morgan fingerprint density at radius 2 is 1.29 bits per heavy atom. The van der Waals surface area contributed by atoms with Crippen LogP contribution in [0, 0.1) is 5.92 Å². The molecule has 2 aromatic carbocycles. The molecule has 0 heterocycles. The highest BCUT2D eigenvalue weighted by Gasteiger charge is 2.32. The maximum absolute atomic E-state index is 13.5. The van der Waals surface area contributed by atoms with Crippen LogP contribution in [0.15, 0.2) is 60.7 Å². The fourth-order valence-corrected chi connectivity index (χ4v) is 4.72. The van der Waals surface area contributed by atoms with Crippen molar-refractivity contribution in [3.63, 3.8) is 0 Å². The molecule has 2 rings (SSSR count). The number of rotatable bonds is 19. The topological polar surface area (TPSA) is 195 Å². The van der Waals surface area contributed by atoms with E-state index in [2.05, 4.69) is 21.3 Å². The molecule has 0 aromatic heterocycles. The maximum Gasteiger partial charge on any atom is 0.408 e. The third-order valence-electron chi connectivity index (χ3n) is 6.84. The van der Waals surface area contributed by atoms with Gasteiger partial charge in [0.15, 0.2) is 11.3 Å². The Bertz CT molecular complexity index is 1400. The SMILES string of the molecule is CC(C)C[C@H](NC(=O)[C@H](COCc1ccccc1)NC(=O)OC(C)(C)C)C(=O)N[C@@H](CC(N)=O)C(=O)NC(Cl)C(=O)CCc1ccccc1. The van der Waals surface area contributed by atoms with Crippen molar-refractivity contribution in [3.8, 4) is 0 Å². The monoisotopic (exact) mass is 701 g/mol. The first-order valence-corrected chi connectivity index (χ1v) is 16.5. The van der Waals surface area contributed by atoms with Gasteiger partial charge in [-0.05, 0) is 50.7 Å². The molecular formula is C35H48ClN5O8. The van der Waals surface area contributed by atoms with Crippen LogP contribution in [-0.2, 0) is 46.5 Å². The van der Waals surface area contributed by atoms with Crippen LogP contribution in [0.4, 0.5) is 4.79 Å². The third kappa shape index (κ3) is 16.4. The lowest BCUT2D eigenvalue weighted by molar-refractivity contribution is -0.135. The number of alkyl carbamates (subject to hydrolysis) is 1. The van der Waals surface area contributed by atoms with Crippen LogP contribution in [0.1, 0.15) is 65.0 Å². The van der Waals surface area contributed by atoms with Gasteiger partial charge in [-0.2, -0.15) is 0 Å². The predicted molar refractivity (Wildman–Crippen MR) is 184 cm³/mol. The number of Topliss-reactive ketones (excluding diaryl/α,β-unsaturated/α-hetero) is 1. The molecule has 0 fully saturated rings. The van der Waals surface area contributed by atoms with E-state index in [1.165, 1.54) is 0 Å². The van der Waals surface area contributed by atoms with Gasteiger partial charge in [-0.3, -0.25) is 24.0 Å². The summed E-state index contributed by atoms with van der Waals surface area (Å²) in [6.07, 6.45) is -0.896. The number of halogens is 1. The summed E-state index contributed by atoms with van der Waals surface area (Å²) in [5.74, 6) is -3.93. The zero-order valence-corrected chi connectivity index (χ0v) is 29.4. The number of benzene rings is 2. The van der Waals surface area contributed by atoms with E-state index in [1.807, 2.05) is 74.5 Å². The average Bonchev–Trinajstić information content (AvgIpc) is 3.02. The van der Waals surface area contributed by atoms with Crippen molar-refractivity contribution in [3.05, 3.63) is 71.8 Å². The number of amides is 5. The van der Waals surface area contributed by atoms with Gasteiger partial charge in [0.2, 0.25) is 23.6 Å². The molecule has 6 N–H and O–H groups in total. The minimum Gasteiger partial charge on any atom is -0.444 e. The Morgan fingerprint density at radius 3 is 1.84 bits per heavy atom. The highest BCUT2D eigenvalue weighted by atomic mass is 35.5. The number of hydrogen-bond acceptors (Lipinski definition) is 8. The average molecular weight is 702 g/mol. The normalized spacial score (nSPS) is 13.7. The molecule has 4 atom stereocenters. The number of primary amides is 1. The Morgan fingerprint density at radius 1 is 0.755 bits per heavy atom. The third-order valence-corrected chi connectivity index (χ3v) is 7.19. The van der Waals surface area contributed by atoms with Gasteiger partial charge in [-0.1, -0.05) is 86.1 Å². The van der Waals surface area contributed by atoms with Crippen LogP contribution < -0.4 is 27.0 Å². The lowest BCUT2D eigenvalue weighted by Gasteiger charge is -2.27. The second kappa shape index (κ2) is 20.1. The van der Waals surface area contributed by atoms with Gasteiger partial charge in [-0.25, -0.2) is 4.79 Å². The number of hydrogen-bond donors (Lipinski definition) is 5. The molecule has 1 unspecified atom stereocenters. The van der Waals surface area contributed by atoms with E-state index >= 15 is 0 Å². The van der Waals surface area contributed by atoms with Gasteiger partial charge in [0.05, 0.1) is 19.6 Å². The Hall–Kier alpha value is -4.49. The van der Waals surface area contributed by atoms with E-state index in [-0.39, 0.29) is 32.0 Å². The minimum atomic E-state index is -1.50. The van der Waals surface area contributed by atoms with Crippen molar-refractivity contribution >= 4 is 47.1 Å². The number of nitrogens with one attached hydrogen (secondary N) is 4. The molecule has 268 valence electrons. The molecule has 0 aliphatic heterocycles. The smallest absolute Gasteiger partial charge is 0.408 e. The first kappa shape index (κ1) is 40.7. The van der Waals surface area contributed by atoms with Crippen LogP contribution in [-0.4, -0.2) is 71.3 Å². The van der Waals surface area contributed by atoms with Crippen LogP contribution in [0.25, 0.3) is 0 Å². The van der Waals surface area contributed by atoms with Crippen molar-refractivity contribution in [2.24, 2.45) is 11.7 Å². The molecule has 0 spiro atoms. The summed E-state index contributed by atoms with van der Waals surface area (Å²) >= 11 is 6.18. The Balaban J connectivity index is 2.14. The predicted octanol–water partition coefficient (Wildman–Crippen LogP) is 2.87. The van der Waals surface area contributed by atoms with Crippen LogP contribution in [0.5, 0.6) is 0 Å². The van der Waals surface area contributed by atoms with Crippen molar-refractivity contribution in [2.75, 3.05) is 6.61 Å². The number of aryl methyl sites for hydroxylation is 1. The van der Waals surface area contributed by atoms with Gasteiger partial charge in [0.25, 0.3) is 0 Å². The van der Waals surface area contributed by atoms with Crippen molar-refractivity contribution in [2.45, 2.75) is 96.1 Å². The molecule has 0 aliphatic carbocycles. The van der Waals surface area contributed by atoms with Gasteiger partial charge < -0.3 is 36.5 Å². The maximum atomic E-state index is 13.5.